The largest absolute Gasteiger partial charge is 0.493 e. The van der Waals surface area contributed by atoms with Crippen LogP contribution in [-0.2, 0) is 9.59 Å². The Morgan fingerprint density at radius 2 is 1.96 bits per heavy atom. The average Bonchev–Trinajstić information content (AvgIpc) is 3.44. The van der Waals surface area contributed by atoms with Crippen molar-refractivity contribution in [3.63, 3.8) is 0 Å². The number of benzene rings is 1. The lowest BCUT2D eigenvalue weighted by Gasteiger charge is -2.34. The summed E-state index contributed by atoms with van der Waals surface area (Å²) >= 11 is 5.94. The van der Waals surface area contributed by atoms with Crippen molar-refractivity contribution in [2.45, 2.75) is 38.6 Å². The van der Waals surface area contributed by atoms with E-state index < -0.39 is 0 Å². The van der Waals surface area contributed by atoms with Gasteiger partial charge >= 0.3 is 0 Å². The molecule has 7 heteroatoms. The number of nitrogens with one attached hydrogen (secondary N) is 1. The maximum Gasteiger partial charge on any atom is 0.234 e. The Balaban J connectivity index is 1.30. The zero-order valence-corrected chi connectivity index (χ0v) is 16.6. The fourth-order valence-electron chi connectivity index (χ4n) is 3.20. The summed E-state index contributed by atoms with van der Waals surface area (Å²) in [6.07, 6.45) is 3.38. The van der Waals surface area contributed by atoms with E-state index in [4.69, 9.17) is 16.3 Å². The number of hydrogen-bond donors (Lipinski definition) is 1. The molecular weight excluding hydrogens is 366 g/mol. The van der Waals surface area contributed by atoms with Crippen LogP contribution in [0.2, 0.25) is 5.02 Å². The fourth-order valence-corrected chi connectivity index (χ4v) is 3.42. The van der Waals surface area contributed by atoms with Crippen molar-refractivity contribution in [2.24, 2.45) is 0 Å². The summed E-state index contributed by atoms with van der Waals surface area (Å²) in [6.45, 7) is 5.78. The smallest absolute Gasteiger partial charge is 0.234 e. The van der Waals surface area contributed by atoms with Crippen LogP contribution in [0.5, 0.6) is 5.75 Å². The minimum absolute atomic E-state index is 0.104. The molecule has 2 aliphatic rings. The summed E-state index contributed by atoms with van der Waals surface area (Å²) in [5.41, 5.74) is 0.996. The molecule has 0 spiro atoms. The van der Waals surface area contributed by atoms with E-state index in [1.165, 1.54) is 0 Å². The molecule has 2 fully saturated rings. The van der Waals surface area contributed by atoms with Gasteiger partial charge in [0, 0.05) is 43.7 Å². The van der Waals surface area contributed by atoms with Gasteiger partial charge in [-0.15, -0.1) is 0 Å². The van der Waals surface area contributed by atoms with Gasteiger partial charge in [0.1, 0.15) is 5.75 Å². The van der Waals surface area contributed by atoms with E-state index in [2.05, 4.69) is 10.2 Å². The monoisotopic (exact) mass is 393 g/mol. The van der Waals surface area contributed by atoms with Crippen molar-refractivity contribution in [1.29, 1.82) is 0 Å². The summed E-state index contributed by atoms with van der Waals surface area (Å²) < 4.78 is 5.74. The Morgan fingerprint density at radius 3 is 2.63 bits per heavy atom. The van der Waals surface area contributed by atoms with Crippen LogP contribution in [-0.4, -0.2) is 67.0 Å². The quantitative estimate of drug-likeness (QED) is 0.688. The lowest BCUT2D eigenvalue weighted by atomic mass is 10.2. The standard InChI is InChI=1S/C20H28ClN3O3/c1-15-13-16(21)4-7-18(15)27-12-2-3-20(26)24-10-8-23(9-11-24)14-19(25)22-17-5-6-17/h4,7,13,17H,2-3,5-6,8-12,14H2,1H3,(H,22,25). The molecule has 1 aliphatic heterocycles. The highest BCUT2D eigenvalue weighted by Crippen LogP contribution is 2.22. The van der Waals surface area contributed by atoms with Crippen LogP contribution >= 0.6 is 11.6 Å². The highest BCUT2D eigenvalue weighted by atomic mass is 35.5. The molecule has 1 saturated carbocycles. The third kappa shape index (κ3) is 6.40. The number of rotatable bonds is 8. The van der Waals surface area contributed by atoms with Crippen molar-refractivity contribution in [2.75, 3.05) is 39.3 Å². The zero-order valence-electron chi connectivity index (χ0n) is 15.9. The first-order chi connectivity index (χ1) is 13.0. The lowest BCUT2D eigenvalue weighted by Crippen LogP contribution is -2.51. The zero-order chi connectivity index (χ0) is 19.2. The predicted octanol–water partition coefficient (Wildman–Crippen LogP) is 2.23. The van der Waals surface area contributed by atoms with E-state index in [1.807, 2.05) is 24.0 Å². The van der Waals surface area contributed by atoms with Gasteiger partial charge in [-0.2, -0.15) is 0 Å². The van der Waals surface area contributed by atoms with Gasteiger partial charge in [-0.3, -0.25) is 14.5 Å². The van der Waals surface area contributed by atoms with Gasteiger partial charge in [-0.25, -0.2) is 0 Å². The van der Waals surface area contributed by atoms with Gasteiger partial charge in [-0.05, 0) is 49.9 Å². The number of aryl methyl sites for hydroxylation is 1. The Labute approximate surface area is 165 Å². The molecule has 0 radical (unpaired) electrons. The van der Waals surface area contributed by atoms with Crippen molar-refractivity contribution in [1.82, 2.24) is 15.1 Å². The Hall–Kier alpha value is -1.79. The number of carbonyl (C=O) groups excluding carboxylic acids is 2. The molecule has 6 nitrogen and oxygen atoms in total. The maximum absolute atomic E-state index is 12.4. The van der Waals surface area contributed by atoms with E-state index >= 15 is 0 Å². The molecule has 148 valence electrons. The number of carbonyl (C=O) groups is 2. The minimum Gasteiger partial charge on any atom is -0.493 e. The number of piperazine rings is 1. The second-order valence-corrected chi connectivity index (χ2v) is 7.80. The van der Waals surface area contributed by atoms with Crippen LogP contribution in [0, 0.1) is 6.92 Å². The summed E-state index contributed by atoms with van der Waals surface area (Å²) in [5.74, 6) is 1.07. The molecule has 0 atom stereocenters. The highest BCUT2D eigenvalue weighted by molar-refractivity contribution is 6.30. The first-order valence-corrected chi connectivity index (χ1v) is 10.1. The molecule has 1 aliphatic carbocycles. The van der Waals surface area contributed by atoms with Gasteiger partial charge in [-0.1, -0.05) is 11.6 Å². The molecule has 1 saturated heterocycles. The molecule has 27 heavy (non-hydrogen) atoms. The van der Waals surface area contributed by atoms with Gasteiger partial charge in [0.25, 0.3) is 0 Å². The predicted molar refractivity (Wildman–Crippen MR) is 105 cm³/mol. The van der Waals surface area contributed by atoms with Gasteiger partial charge in [0.2, 0.25) is 11.8 Å². The lowest BCUT2D eigenvalue weighted by molar-refractivity contribution is -0.133. The van der Waals surface area contributed by atoms with Crippen LogP contribution in [0.4, 0.5) is 0 Å². The fraction of sp³-hybridized carbons (Fsp3) is 0.600. The van der Waals surface area contributed by atoms with Crippen LogP contribution < -0.4 is 10.1 Å². The Morgan fingerprint density at radius 1 is 1.22 bits per heavy atom. The number of halogens is 1. The second-order valence-electron chi connectivity index (χ2n) is 7.36. The molecular formula is C20H28ClN3O3. The molecule has 2 amide bonds. The third-order valence-corrected chi connectivity index (χ3v) is 5.20. The maximum atomic E-state index is 12.4. The molecule has 1 N–H and O–H groups in total. The van der Waals surface area contributed by atoms with Gasteiger partial charge in [0.15, 0.2) is 0 Å². The first-order valence-electron chi connectivity index (χ1n) is 9.70. The Kier molecular flexibility index (Phi) is 6.96. The SMILES string of the molecule is Cc1cc(Cl)ccc1OCCCC(=O)N1CCN(CC(=O)NC2CC2)CC1. The van der Waals surface area contributed by atoms with Gasteiger partial charge < -0.3 is 15.0 Å². The van der Waals surface area contributed by atoms with Crippen molar-refractivity contribution in [3.05, 3.63) is 28.8 Å². The molecule has 1 aromatic carbocycles. The van der Waals surface area contributed by atoms with E-state index in [9.17, 15) is 9.59 Å². The van der Waals surface area contributed by atoms with Crippen LogP contribution in [0.15, 0.2) is 18.2 Å². The van der Waals surface area contributed by atoms with Crippen molar-refractivity contribution >= 4 is 23.4 Å². The topological polar surface area (TPSA) is 61.9 Å². The first kappa shape index (κ1) is 20.0. The number of nitrogens with zero attached hydrogens (tertiary/aromatic N) is 2. The molecule has 1 aromatic rings. The summed E-state index contributed by atoms with van der Waals surface area (Å²) in [6, 6.07) is 5.93. The average molecular weight is 394 g/mol. The second kappa shape index (κ2) is 9.42. The molecule has 0 aromatic heterocycles. The molecule has 1 heterocycles. The number of ether oxygens (including phenoxy) is 1. The van der Waals surface area contributed by atoms with Crippen LogP contribution in [0.25, 0.3) is 0 Å². The third-order valence-electron chi connectivity index (χ3n) is 4.96. The van der Waals surface area contributed by atoms with E-state index in [1.54, 1.807) is 6.07 Å². The molecule has 3 rings (SSSR count). The highest BCUT2D eigenvalue weighted by Gasteiger charge is 2.26. The Bertz CT molecular complexity index is 670. The minimum atomic E-state index is 0.104. The normalized spacial score (nSPS) is 17.6. The molecule has 0 unspecified atom stereocenters. The summed E-state index contributed by atoms with van der Waals surface area (Å²) in [7, 11) is 0. The van der Waals surface area contributed by atoms with Crippen LogP contribution in [0.1, 0.15) is 31.2 Å². The summed E-state index contributed by atoms with van der Waals surface area (Å²) in [5, 5.41) is 3.70. The number of amides is 2. The van der Waals surface area contributed by atoms with Crippen LogP contribution in [0.3, 0.4) is 0 Å². The van der Waals surface area contributed by atoms with E-state index in [-0.39, 0.29) is 11.8 Å². The summed E-state index contributed by atoms with van der Waals surface area (Å²) in [4.78, 5) is 28.2. The van der Waals surface area contributed by atoms with Crippen molar-refractivity contribution < 1.29 is 14.3 Å². The van der Waals surface area contributed by atoms with Gasteiger partial charge in [0.05, 0.1) is 13.2 Å². The van der Waals surface area contributed by atoms with E-state index in [0.29, 0.717) is 50.1 Å². The van der Waals surface area contributed by atoms with Crippen molar-refractivity contribution in [3.8, 4) is 5.75 Å². The molecule has 0 bridgehead atoms. The number of hydrogen-bond acceptors (Lipinski definition) is 4. The van der Waals surface area contributed by atoms with E-state index in [0.717, 1.165) is 37.2 Å².